The van der Waals surface area contributed by atoms with Gasteiger partial charge in [-0.05, 0) is 25.9 Å². The summed E-state index contributed by atoms with van der Waals surface area (Å²) in [7, 11) is 4.09. The van der Waals surface area contributed by atoms with Crippen molar-refractivity contribution < 1.29 is 0 Å². The second kappa shape index (κ2) is 7.65. The Labute approximate surface area is 80.4 Å². The third kappa shape index (κ3) is 6.70. The Kier molecular flexibility index (Phi) is 7.65. The van der Waals surface area contributed by atoms with Crippen molar-refractivity contribution in [2.24, 2.45) is 0 Å². The molecule has 0 radical (unpaired) electrons. The third-order valence-electron chi connectivity index (χ3n) is 1.60. The van der Waals surface area contributed by atoms with Crippen LogP contribution in [0, 0.1) is 0 Å². The summed E-state index contributed by atoms with van der Waals surface area (Å²) < 4.78 is 0. The quantitative estimate of drug-likeness (QED) is 0.601. The van der Waals surface area contributed by atoms with Crippen LogP contribution in [-0.4, -0.2) is 50.6 Å². The maximum Gasteiger partial charge on any atom is 0.0200 e. The van der Waals surface area contributed by atoms with E-state index in [1.807, 2.05) is 18.8 Å². The van der Waals surface area contributed by atoms with Crippen molar-refractivity contribution in [1.29, 1.82) is 0 Å². The second-order valence-electron chi connectivity index (χ2n) is 3.01. The van der Waals surface area contributed by atoms with Crippen LogP contribution < -0.4 is 5.32 Å². The molecule has 2 nitrogen and oxygen atoms in total. The van der Waals surface area contributed by atoms with E-state index in [0.29, 0.717) is 0 Å². The summed E-state index contributed by atoms with van der Waals surface area (Å²) >= 11 is 1.88. The van der Waals surface area contributed by atoms with Crippen LogP contribution in [0.5, 0.6) is 0 Å². The van der Waals surface area contributed by atoms with Gasteiger partial charge in [-0.25, -0.2) is 0 Å². The molecular formula is C9H20N2S. The number of nitrogens with zero attached hydrogens (tertiary/aromatic N) is 1. The molecule has 0 heterocycles. The second-order valence-corrected chi connectivity index (χ2v) is 4.00. The van der Waals surface area contributed by atoms with Gasteiger partial charge < -0.3 is 10.2 Å². The van der Waals surface area contributed by atoms with Crippen LogP contribution in [0.2, 0.25) is 0 Å². The number of thioether (sulfide) groups is 1. The molecule has 12 heavy (non-hydrogen) atoms. The average Bonchev–Trinajstić information content (AvgIpc) is 2.01. The number of hydrogen-bond donors (Lipinski definition) is 1. The molecule has 0 aromatic carbocycles. The SMILES string of the molecule is C=C(CNC)CN(C)CCSC. The lowest BCUT2D eigenvalue weighted by Crippen LogP contribution is -2.26. The standard InChI is InChI=1S/C9H20N2S/c1-9(7-10-2)8-11(3)5-6-12-4/h10H,1,5-8H2,2-4H3. The lowest BCUT2D eigenvalue weighted by molar-refractivity contribution is 0.384. The Morgan fingerprint density at radius 2 is 2.25 bits per heavy atom. The van der Waals surface area contributed by atoms with Crippen molar-refractivity contribution in [3.05, 3.63) is 12.2 Å². The van der Waals surface area contributed by atoms with Gasteiger partial charge in [0.05, 0.1) is 0 Å². The highest BCUT2D eigenvalue weighted by Crippen LogP contribution is 1.96. The van der Waals surface area contributed by atoms with E-state index < -0.39 is 0 Å². The Morgan fingerprint density at radius 3 is 2.75 bits per heavy atom. The van der Waals surface area contributed by atoms with Gasteiger partial charge in [-0.2, -0.15) is 11.8 Å². The van der Waals surface area contributed by atoms with Gasteiger partial charge in [0.15, 0.2) is 0 Å². The minimum absolute atomic E-state index is 0.920. The molecule has 72 valence electrons. The molecule has 0 aliphatic carbocycles. The van der Waals surface area contributed by atoms with Crippen LogP contribution in [0.15, 0.2) is 12.2 Å². The molecule has 0 unspecified atom stereocenters. The van der Waals surface area contributed by atoms with Gasteiger partial charge in [0, 0.05) is 25.4 Å². The fourth-order valence-electron chi connectivity index (χ4n) is 1.01. The number of nitrogens with one attached hydrogen (secondary N) is 1. The Bertz CT molecular complexity index is 126. The predicted octanol–water partition coefficient (Wildman–Crippen LogP) is 1.06. The predicted molar refractivity (Wildman–Crippen MR) is 58.9 cm³/mol. The molecule has 0 aliphatic heterocycles. The molecule has 0 aromatic heterocycles. The van der Waals surface area contributed by atoms with E-state index >= 15 is 0 Å². The number of likely N-dealkylation sites (N-methyl/N-ethyl adjacent to an activating group) is 2. The smallest absolute Gasteiger partial charge is 0.0200 e. The first kappa shape index (κ1) is 12.0. The van der Waals surface area contributed by atoms with Crippen LogP contribution in [-0.2, 0) is 0 Å². The first-order chi connectivity index (χ1) is 5.70. The molecule has 0 aromatic rings. The molecule has 0 saturated carbocycles. The molecule has 0 aliphatic rings. The molecule has 0 rings (SSSR count). The van der Waals surface area contributed by atoms with Crippen LogP contribution in [0.4, 0.5) is 0 Å². The van der Waals surface area contributed by atoms with E-state index in [1.165, 1.54) is 11.3 Å². The maximum absolute atomic E-state index is 3.98. The van der Waals surface area contributed by atoms with E-state index in [4.69, 9.17) is 0 Å². The Hall–Kier alpha value is 0.0100. The van der Waals surface area contributed by atoms with Crippen molar-refractivity contribution in [1.82, 2.24) is 10.2 Å². The van der Waals surface area contributed by atoms with Crippen LogP contribution >= 0.6 is 11.8 Å². The number of hydrogen-bond acceptors (Lipinski definition) is 3. The molecule has 3 heteroatoms. The summed E-state index contributed by atoms with van der Waals surface area (Å²) in [6.45, 7) is 7.05. The topological polar surface area (TPSA) is 15.3 Å². The lowest BCUT2D eigenvalue weighted by Gasteiger charge is -2.17. The summed E-state index contributed by atoms with van der Waals surface area (Å²) in [6, 6.07) is 0. The number of rotatable bonds is 7. The van der Waals surface area contributed by atoms with E-state index in [0.717, 1.165) is 19.6 Å². The van der Waals surface area contributed by atoms with Crippen molar-refractivity contribution in [2.45, 2.75) is 0 Å². The fourth-order valence-corrected chi connectivity index (χ4v) is 1.51. The molecule has 0 amide bonds. The first-order valence-corrected chi connectivity index (χ1v) is 5.58. The van der Waals surface area contributed by atoms with Crippen LogP contribution in [0.3, 0.4) is 0 Å². The molecule has 0 saturated heterocycles. The molecule has 0 atom stereocenters. The molecule has 0 spiro atoms. The highest BCUT2D eigenvalue weighted by Gasteiger charge is 1.99. The summed E-state index contributed by atoms with van der Waals surface area (Å²) in [4.78, 5) is 2.30. The highest BCUT2D eigenvalue weighted by atomic mass is 32.2. The normalized spacial score (nSPS) is 10.7. The van der Waals surface area contributed by atoms with Gasteiger partial charge in [0.2, 0.25) is 0 Å². The molecular weight excluding hydrogens is 168 g/mol. The zero-order chi connectivity index (χ0) is 9.40. The average molecular weight is 188 g/mol. The minimum Gasteiger partial charge on any atom is -0.316 e. The molecule has 0 bridgehead atoms. The Morgan fingerprint density at radius 1 is 1.58 bits per heavy atom. The summed E-state index contributed by atoms with van der Waals surface area (Å²) in [6.07, 6.45) is 2.14. The minimum atomic E-state index is 0.920. The molecule has 1 N–H and O–H groups in total. The van der Waals surface area contributed by atoms with Crippen molar-refractivity contribution in [2.75, 3.05) is 45.7 Å². The largest absolute Gasteiger partial charge is 0.316 e. The van der Waals surface area contributed by atoms with Gasteiger partial charge in [-0.3, -0.25) is 0 Å². The molecule has 0 fully saturated rings. The van der Waals surface area contributed by atoms with Gasteiger partial charge in [0.1, 0.15) is 0 Å². The van der Waals surface area contributed by atoms with Gasteiger partial charge in [-0.1, -0.05) is 6.58 Å². The van der Waals surface area contributed by atoms with Gasteiger partial charge >= 0.3 is 0 Å². The zero-order valence-corrected chi connectivity index (χ0v) is 9.21. The Balaban J connectivity index is 3.40. The van der Waals surface area contributed by atoms with Gasteiger partial charge in [0.25, 0.3) is 0 Å². The fraction of sp³-hybridized carbons (Fsp3) is 0.778. The maximum atomic E-state index is 3.98. The lowest BCUT2D eigenvalue weighted by atomic mass is 10.3. The summed E-state index contributed by atoms with van der Waals surface area (Å²) in [5.74, 6) is 1.20. The van der Waals surface area contributed by atoms with Crippen LogP contribution in [0.1, 0.15) is 0 Å². The van der Waals surface area contributed by atoms with E-state index in [1.54, 1.807) is 0 Å². The van der Waals surface area contributed by atoms with E-state index in [2.05, 4.69) is 30.1 Å². The van der Waals surface area contributed by atoms with Crippen molar-refractivity contribution >= 4 is 11.8 Å². The van der Waals surface area contributed by atoms with E-state index in [-0.39, 0.29) is 0 Å². The third-order valence-corrected chi connectivity index (χ3v) is 2.19. The summed E-state index contributed by atoms with van der Waals surface area (Å²) in [5.41, 5.74) is 1.25. The monoisotopic (exact) mass is 188 g/mol. The van der Waals surface area contributed by atoms with Crippen LogP contribution in [0.25, 0.3) is 0 Å². The summed E-state index contributed by atoms with van der Waals surface area (Å²) in [5, 5.41) is 3.10. The van der Waals surface area contributed by atoms with Gasteiger partial charge in [-0.15, -0.1) is 0 Å². The highest BCUT2D eigenvalue weighted by molar-refractivity contribution is 7.98. The van der Waals surface area contributed by atoms with E-state index in [9.17, 15) is 0 Å². The first-order valence-electron chi connectivity index (χ1n) is 4.19. The zero-order valence-electron chi connectivity index (χ0n) is 8.39. The van der Waals surface area contributed by atoms with Crippen molar-refractivity contribution in [3.8, 4) is 0 Å². The van der Waals surface area contributed by atoms with Crippen molar-refractivity contribution in [3.63, 3.8) is 0 Å².